The Morgan fingerprint density at radius 3 is 3.21 bits per heavy atom. The van der Waals surface area contributed by atoms with Crippen molar-refractivity contribution < 1.29 is 14.6 Å². The Bertz CT molecular complexity index is 333. The lowest BCUT2D eigenvalue weighted by Crippen LogP contribution is -2.01. The highest BCUT2D eigenvalue weighted by Crippen LogP contribution is 2.15. The molecule has 0 aliphatic carbocycles. The topological polar surface area (TPSA) is 59.4 Å². The minimum atomic E-state index is -0.353. The van der Waals surface area contributed by atoms with Crippen molar-refractivity contribution in [2.45, 2.75) is 6.92 Å². The fraction of sp³-hybridized carbons (Fsp3) is 0.333. The molecule has 5 heteroatoms. The number of carbonyl (C=O) groups excluding carboxylic acids is 1. The maximum atomic E-state index is 11.2. The molecule has 1 aromatic rings. The van der Waals surface area contributed by atoms with Crippen molar-refractivity contribution in [3.8, 4) is 0 Å². The van der Waals surface area contributed by atoms with Gasteiger partial charge in [-0.25, -0.2) is 9.78 Å². The summed E-state index contributed by atoms with van der Waals surface area (Å²) < 4.78 is 4.80. The number of thiazole rings is 1. The first-order valence-corrected chi connectivity index (χ1v) is 5.00. The third kappa shape index (κ3) is 2.93. The van der Waals surface area contributed by atoms with E-state index in [1.54, 1.807) is 19.1 Å². The monoisotopic (exact) mass is 213 g/mol. The van der Waals surface area contributed by atoms with E-state index < -0.39 is 0 Å². The molecule has 0 atom stereocenters. The normalized spacial score (nSPS) is 10.7. The van der Waals surface area contributed by atoms with E-state index in [1.807, 2.05) is 0 Å². The molecule has 1 heterocycles. The zero-order valence-corrected chi connectivity index (χ0v) is 8.58. The first-order valence-electron chi connectivity index (χ1n) is 4.18. The van der Waals surface area contributed by atoms with Crippen molar-refractivity contribution in [3.05, 3.63) is 22.2 Å². The van der Waals surface area contributed by atoms with Crippen LogP contribution in [0, 0.1) is 0 Å². The molecule has 76 valence electrons. The van der Waals surface area contributed by atoms with Gasteiger partial charge in [0, 0.05) is 0 Å². The van der Waals surface area contributed by atoms with Crippen LogP contribution in [-0.2, 0) is 4.74 Å². The van der Waals surface area contributed by atoms with Gasteiger partial charge in [-0.05, 0) is 13.0 Å². The molecular formula is C9H11NO3S. The quantitative estimate of drug-likeness (QED) is 0.766. The van der Waals surface area contributed by atoms with Crippen molar-refractivity contribution in [1.29, 1.82) is 0 Å². The maximum Gasteiger partial charge on any atom is 0.349 e. The van der Waals surface area contributed by atoms with Crippen LogP contribution in [0.2, 0.25) is 0 Å². The molecule has 0 spiro atoms. The summed E-state index contributed by atoms with van der Waals surface area (Å²) >= 11 is 1.24. The van der Waals surface area contributed by atoms with Gasteiger partial charge in [-0.15, -0.1) is 11.3 Å². The van der Waals surface area contributed by atoms with Gasteiger partial charge in [0.1, 0.15) is 9.88 Å². The Morgan fingerprint density at radius 2 is 2.57 bits per heavy atom. The molecule has 0 saturated carbocycles. The molecule has 1 rings (SSSR count). The second kappa shape index (κ2) is 5.51. The van der Waals surface area contributed by atoms with Crippen molar-refractivity contribution in [1.82, 2.24) is 4.98 Å². The summed E-state index contributed by atoms with van der Waals surface area (Å²) in [5.41, 5.74) is 0. The smallest absolute Gasteiger partial charge is 0.349 e. The first-order chi connectivity index (χ1) is 6.77. The average molecular weight is 213 g/mol. The first kappa shape index (κ1) is 10.9. The molecule has 0 unspecified atom stereocenters. The second-order valence-corrected chi connectivity index (χ2v) is 3.43. The van der Waals surface area contributed by atoms with E-state index in [-0.39, 0.29) is 12.6 Å². The molecular weight excluding hydrogens is 202 g/mol. The number of aliphatic hydroxyl groups excluding tert-OH is 1. The number of ether oxygens (including phenoxy) is 1. The number of aromatic nitrogens is 1. The predicted molar refractivity (Wildman–Crippen MR) is 54.2 cm³/mol. The molecule has 4 nitrogen and oxygen atoms in total. The summed E-state index contributed by atoms with van der Waals surface area (Å²) in [5.74, 6) is -0.353. The molecule has 0 aromatic carbocycles. The van der Waals surface area contributed by atoms with E-state index in [0.29, 0.717) is 16.5 Å². The number of hydrogen-bond donors (Lipinski definition) is 1. The van der Waals surface area contributed by atoms with Gasteiger partial charge in [0.15, 0.2) is 0 Å². The SMILES string of the molecule is CCOC(=O)c1cnc(C=CCO)s1. The third-order valence-corrected chi connectivity index (χ3v) is 2.31. The Kier molecular flexibility index (Phi) is 4.28. The highest BCUT2D eigenvalue weighted by atomic mass is 32.1. The average Bonchev–Trinajstić information content (AvgIpc) is 2.63. The van der Waals surface area contributed by atoms with Crippen LogP contribution in [0.5, 0.6) is 0 Å². The standard InChI is InChI=1S/C9H11NO3S/c1-2-13-9(12)7-6-10-8(14-7)4-3-5-11/h3-4,6,11H,2,5H2,1H3. The minimum Gasteiger partial charge on any atom is -0.462 e. The Morgan fingerprint density at radius 1 is 1.79 bits per heavy atom. The third-order valence-electron chi connectivity index (χ3n) is 1.37. The van der Waals surface area contributed by atoms with Gasteiger partial charge in [0.05, 0.1) is 19.4 Å². The van der Waals surface area contributed by atoms with E-state index in [9.17, 15) is 4.79 Å². The van der Waals surface area contributed by atoms with Gasteiger partial charge in [0.2, 0.25) is 0 Å². The van der Waals surface area contributed by atoms with Crippen LogP contribution in [0.1, 0.15) is 21.6 Å². The van der Waals surface area contributed by atoms with Crippen molar-refractivity contribution in [2.75, 3.05) is 13.2 Å². The summed E-state index contributed by atoms with van der Waals surface area (Å²) in [7, 11) is 0. The van der Waals surface area contributed by atoms with E-state index in [4.69, 9.17) is 9.84 Å². The lowest BCUT2D eigenvalue weighted by Gasteiger charge is -1.95. The van der Waals surface area contributed by atoms with E-state index >= 15 is 0 Å². The molecule has 0 aliphatic rings. The van der Waals surface area contributed by atoms with Crippen LogP contribution in [0.4, 0.5) is 0 Å². The molecule has 1 aromatic heterocycles. The van der Waals surface area contributed by atoms with Crippen LogP contribution in [0.15, 0.2) is 12.3 Å². The van der Waals surface area contributed by atoms with Crippen LogP contribution in [-0.4, -0.2) is 29.3 Å². The number of hydrogen-bond acceptors (Lipinski definition) is 5. The van der Waals surface area contributed by atoms with Crippen molar-refractivity contribution in [2.24, 2.45) is 0 Å². The van der Waals surface area contributed by atoms with Crippen LogP contribution >= 0.6 is 11.3 Å². The number of carbonyl (C=O) groups is 1. The highest BCUT2D eigenvalue weighted by Gasteiger charge is 2.09. The molecule has 0 saturated heterocycles. The largest absolute Gasteiger partial charge is 0.462 e. The summed E-state index contributed by atoms with van der Waals surface area (Å²) in [6.45, 7) is 2.08. The Labute approximate surface area is 85.9 Å². The molecule has 14 heavy (non-hydrogen) atoms. The van der Waals surface area contributed by atoms with Crippen LogP contribution in [0.3, 0.4) is 0 Å². The van der Waals surface area contributed by atoms with Gasteiger partial charge in [-0.1, -0.05) is 6.08 Å². The van der Waals surface area contributed by atoms with Crippen LogP contribution < -0.4 is 0 Å². The van der Waals surface area contributed by atoms with Crippen LogP contribution in [0.25, 0.3) is 6.08 Å². The summed E-state index contributed by atoms with van der Waals surface area (Å²) in [6, 6.07) is 0. The lowest BCUT2D eigenvalue weighted by molar-refractivity contribution is 0.0532. The molecule has 0 bridgehead atoms. The van der Waals surface area contributed by atoms with Crippen molar-refractivity contribution >= 4 is 23.4 Å². The Balaban J connectivity index is 2.67. The number of nitrogens with zero attached hydrogens (tertiary/aromatic N) is 1. The summed E-state index contributed by atoms with van der Waals surface area (Å²) in [4.78, 5) is 15.7. The summed E-state index contributed by atoms with van der Waals surface area (Å²) in [5, 5.41) is 9.21. The van der Waals surface area contributed by atoms with Gasteiger partial charge < -0.3 is 9.84 Å². The molecule has 0 fully saturated rings. The molecule has 0 amide bonds. The zero-order chi connectivity index (χ0) is 10.4. The maximum absolute atomic E-state index is 11.2. The lowest BCUT2D eigenvalue weighted by atomic mass is 10.5. The van der Waals surface area contributed by atoms with E-state index in [1.165, 1.54) is 17.5 Å². The number of aliphatic hydroxyl groups is 1. The van der Waals surface area contributed by atoms with E-state index in [0.717, 1.165) is 0 Å². The number of esters is 1. The second-order valence-electron chi connectivity index (χ2n) is 2.37. The van der Waals surface area contributed by atoms with E-state index in [2.05, 4.69) is 4.98 Å². The fourth-order valence-electron chi connectivity index (χ4n) is 0.815. The summed E-state index contributed by atoms with van der Waals surface area (Å²) in [6.07, 6.45) is 4.70. The van der Waals surface area contributed by atoms with Gasteiger partial charge >= 0.3 is 5.97 Å². The molecule has 0 radical (unpaired) electrons. The fourth-order valence-corrected chi connectivity index (χ4v) is 1.56. The Hall–Kier alpha value is -1.20. The molecule has 1 N–H and O–H groups in total. The van der Waals surface area contributed by atoms with Gasteiger partial charge in [-0.2, -0.15) is 0 Å². The van der Waals surface area contributed by atoms with Gasteiger partial charge in [0.25, 0.3) is 0 Å². The highest BCUT2D eigenvalue weighted by molar-refractivity contribution is 7.14. The van der Waals surface area contributed by atoms with Gasteiger partial charge in [-0.3, -0.25) is 0 Å². The van der Waals surface area contributed by atoms with Crippen molar-refractivity contribution in [3.63, 3.8) is 0 Å². The minimum absolute atomic E-state index is 0.0334. The zero-order valence-electron chi connectivity index (χ0n) is 7.77. The predicted octanol–water partition coefficient (Wildman–Crippen LogP) is 1.33. The number of rotatable bonds is 4. The molecule has 0 aliphatic heterocycles.